The van der Waals surface area contributed by atoms with Gasteiger partial charge in [-0.3, -0.25) is 0 Å². The van der Waals surface area contributed by atoms with E-state index in [1.807, 2.05) is 31.2 Å². The number of urea groups is 1. The quantitative estimate of drug-likeness (QED) is 0.555. The molecule has 0 heterocycles. The molecule has 1 aromatic carbocycles. The van der Waals surface area contributed by atoms with Crippen LogP contribution in [0, 0.1) is 6.92 Å². The first kappa shape index (κ1) is 13.4. The fraction of sp³-hybridized carbons (Fsp3) is 0.333. The molecule has 1 aromatic rings. The van der Waals surface area contributed by atoms with Gasteiger partial charge in [-0.25, -0.2) is 4.79 Å². The largest absolute Gasteiger partial charge is 0.393 e. The minimum Gasteiger partial charge on any atom is -0.393 e. The van der Waals surface area contributed by atoms with Crippen LogP contribution >= 0.6 is 12.2 Å². The smallest absolute Gasteiger partial charge is 0.319 e. The minimum absolute atomic E-state index is 0.210. The average Bonchev–Trinajstić information content (AvgIpc) is 2.24. The maximum Gasteiger partial charge on any atom is 0.319 e. The van der Waals surface area contributed by atoms with E-state index in [0.29, 0.717) is 18.0 Å². The normalized spacial score (nSPS) is 9.71. The topological polar surface area (TPSA) is 67.2 Å². The summed E-state index contributed by atoms with van der Waals surface area (Å²) in [6.07, 6.45) is 1.41. The first-order valence-electron chi connectivity index (χ1n) is 5.48. The Morgan fingerprint density at radius 1 is 1.47 bits per heavy atom. The van der Waals surface area contributed by atoms with Gasteiger partial charge in [0.1, 0.15) is 0 Å². The molecule has 0 saturated carbocycles. The van der Waals surface area contributed by atoms with Crippen LogP contribution in [0.5, 0.6) is 0 Å². The van der Waals surface area contributed by atoms with E-state index in [2.05, 4.69) is 10.6 Å². The van der Waals surface area contributed by atoms with E-state index >= 15 is 0 Å². The number of nitrogens with one attached hydrogen (secondary N) is 2. The number of carbonyl (C=O) groups is 1. The molecule has 0 unspecified atom stereocenters. The zero-order chi connectivity index (χ0) is 12.7. The van der Waals surface area contributed by atoms with E-state index in [0.717, 1.165) is 17.7 Å². The Morgan fingerprint density at radius 2 is 2.24 bits per heavy atom. The third-order valence-electron chi connectivity index (χ3n) is 2.16. The first-order valence-corrected chi connectivity index (χ1v) is 5.88. The van der Waals surface area contributed by atoms with E-state index in [4.69, 9.17) is 18.0 Å². The summed E-state index contributed by atoms with van der Waals surface area (Å²) >= 11 is 4.74. The predicted molar refractivity (Wildman–Crippen MR) is 74.2 cm³/mol. The summed E-state index contributed by atoms with van der Waals surface area (Å²) in [5, 5.41) is 5.50. The summed E-state index contributed by atoms with van der Waals surface area (Å²) in [4.78, 5) is 12.0. The van der Waals surface area contributed by atoms with Gasteiger partial charge in [-0.2, -0.15) is 0 Å². The van der Waals surface area contributed by atoms with Gasteiger partial charge < -0.3 is 16.4 Å². The Labute approximate surface area is 107 Å². The van der Waals surface area contributed by atoms with Crippen LogP contribution in [0.4, 0.5) is 10.5 Å². The number of hydrogen-bond acceptors (Lipinski definition) is 2. The number of amides is 2. The van der Waals surface area contributed by atoms with Gasteiger partial charge in [0.25, 0.3) is 0 Å². The molecule has 4 nitrogen and oxygen atoms in total. The molecule has 5 heteroatoms. The van der Waals surface area contributed by atoms with Crippen LogP contribution in [-0.2, 0) is 0 Å². The number of rotatable bonds is 5. The summed E-state index contributed by atoms with van der Waals surface area (Å²) in [7, 11) is 0. The lowest BCUT2D eigenvalue weighted by Crippen LogP contribution is -2.30. The van der Waals surface area contributed by atoms with Crippen molar-refractivity contribution in [2.24, 2.45) is 5.73 Å². The van der Waals surface area contributed by atoms with Crippen molar-refractivity contribution in [3.8, 4) is 0 Å². The molecule has 92 valence electrons. The van der Waals surface area contributed by atoms with Crippen molar-refractivity contribution in [1.29, 1.82) is 0 Å². The van der Waals surface area contributed by atoms with Crippen molar-refractivity contribution in [1.82, 2.24) is 5.32 Å². The molecule has 0 radical (unpaired) electrons. The monoisotopic (exact) mass is 251 g/mol. The van der Waals surface area contributed by atoms with Crippen molar-refractivity contribution in [3.05, 3.63) is 29.8 Å². The fourth-order valence-corrected chi connectivity index (χ4v) is 1.51. The van der Waals surface area contributed by atoms with Gasteiger partial charge in [-0.15, -0.1) is 0 Å². The second-order valence-corrected chi connectivity index (χ2v) is 4.34. The number of thiocarbonyl (C=S) groups is 1. The highest BCUT2D eigenvalue weighted by molar-refractivity contribution is 7.80. The van der Waals surface area contributed by atoms with Crippen LogP contribution in [0.15, 0.2) is 24.3 Å². The Bertz CT molecular complexity index is 406. The van der Waals surface area contributed by atoms with Crippen molar-refractivity contribution in [2.45, 2.75) is 19.8 Å². The van der Waals surface area contributed by atoms with Gasteiger partial charge in [-0.1, -0.05) is 24.4 Å². The van der Waals surface area contributed by atoms with Gasteiger partial charge in [0.15, 0.2) is 0 Å². The van der Waals surface area contributed by atoms with Gasteiger partial charge in [0, 0.05) is 12.2 Å². The van der Waals surface area contributed by atoms with Crippen molar-refractivity contribution in [2.75, 3.05) is 11.9 Å². The molecule has 17 heavy (non-hydrogen) atoms. The SMILES string of the molecule is Cc1cccc(NC(=O)NCCCC(N)=S)c1. The van der Waals surface area contributed by atoms with E-state index in [9.17, 15) is 4.79 Å². The number of nitrogens with two attached hydrogens (primary N) is 1. The summed E-state index contributed by atoms with van der Waals surface area (Å²) in [5.41, 5.74) is 7.25. The lowest BCUT2D eigenvalue weighted by Gasteiger charge is -2.07. The highest BCUT2D eigenvalue weighted by atomic mass is 32.1. The number of carbonyl (C=O) groups excluding carboxylic acids is 1. The Balaban J connectivity index is 2.27. The zero-order valence-electron chi connectivity index (χ0n) is 9.82. The van der Waals surface area contributed by atoms with Crippen LogP contribution in [0.2, 0.25) is 0 Å². The lowest BCUT2D eigenvalue weighted by atomic mass is 10.2. The second kappa shape index (κ2) is 6.85. The summed E-state index contributed by atoms with van der Waals surface area (Å²) < 4.78 is 0. The number of benzene rings is 1. The summed E-state index contributed by atoms with van der Waals surface area (Å²) in [6.45, 7) is 2.54. The predicted octanol–water partition coefficient (Wildman–Crippen LogP) is 2.18. The first-order chi connectivity index (χ1) is 8.08. The maximum atomic E-state index is 11.5. The lowest BCUT2D eigenvalue weighted by molar-refractivity contribution is 0.252. The maximum absolute atomic E-state index is 11.5. The van der Waals surface area contributed by atoms with Gasteiger partial charge in [-0.05, 0) is 37.5 Å². The molecule has 0 fully saturated rings. The average molecular weight is 251 g/mol. The molecular formula is C12H17N3OS. The minimum atomic E-state index is -0.210. The van der Waals surface area contributed by atoms with Crippen LogP contribution in [0.25, 0.3) is 0 Å². The van der Waals surface area contributed by atoms with Gasteiger partial charge in [0.05, 0.1) is 4.99 Å². The molecule has 4 N–H and O–H groups in total. The van der Waals surface area contributed by atoms with Crippen LogP contribution in [-0.4, -0.2) is 17.6 Å². The molecule has 0 aromatic heterocycles. The highest BCUT2D eigenvalue weighted by Crippen LogP contribution is 2.08. The van der Waals surface area contributed by atoms with Crippen LogP contribution < -0.4 is 16.4 Å². The number of hydrogen-bond donors (Lipinski definition) is 3. The summed E-state index contributed by atoms with van der Waals surface area (Å²) in [6, 6.07) is 7.43. The van der Waals surface area contributed by atoms with Crippen molar-refractivity contribution in [3.63, 3.8) is 0 Å². The molecule has 0 spiro atoms. The van der Waals surface area contributed by atoms with E-state index in [1.165, 1.54) is 0 Å². The Kier molecular flexibility index (Phi) is 5.42. The number of aryl methyl sites for hydroxylation is 1. The standard InChI is InChI=1S/C12H17N3OS/c1-9-4-2-5-10(8-9)15-12(16)14-7-3-6-11(13)17/h2,4-5,8H,3,6-7H2,1H3,(H2,13,17)(H2,14,15,16). The summed E-state index contributed by atoms with van der Waals surface area (Å²) in [5.74, 6) is 0. The fourth-order valence-electron chi connectivity index (χ4n) is 1.36. The number of anilines is 1. The zero-order valence-corrected chi connectivity index (χ0v) is 10.6. The molecule has 0 saturated heterocycles. The van der Waals surface area contributed by atoms with E-state index in [-0.39, 0.29) is 6.03 Å². The van der Waals surface area contributed by atoms with E-state index in [1.54, 1.807) is 0 Å². The second-order valence-electron chi connectivity index (χ2n) is 3.82. The highest BCUT2D eigenvalue weighted by Gasteiger charge is 2.00. The van der Waals surface area contributed by atoms with E-state index < -0.39 is 0 Å². The molecule has 0 atom stereocenters. The Hall–Kier alpha value is -1.62. The van der Waals surface area contributed by atoms with Crippen molar-refractivity contribution < 1.29 is 4.79 Å². The molecule has 0 aliphatic heterocycles. The van der Waals surface area contributed by atoms with Gasteiger partial charge >= 0.3 is 6.03 Å². The third kappa shape index (κ3) is 5.87. The van der Waals surface area contributed by atoms with Crippen LogP contribution in [0.3, 0.4) is 0 Å². The van der Waals surface area contributed by atoms with Crippen LogP contribution in [0.1, 0.15) is 18.4 Å². The Morgan fingerprint density at radius 3 is 2.88 bits per heavy atom. The molecule has 0 aliphatic rings. The molecule has 0 aliphatic carbocycles. The molecular weight excluding hydrogens is 234 g/mol. The molecule has 1 rings (SSSR count). The molecule has 0 bridgehead atoms. The van der Waals surface area contributed by atoms with Gasteiger partial charge in [0.2, 0.25) is 0 Å². The van der Waals surface area contributed by atoms with Crippen molar-refractivity contribution >= 4 is 28.9 Å². The third-order valence-corrected chi connectivity index (χ3v) is 2.37. The molecule has 2 amide bonds.